The molecule has 0 unspecified atom stereocenters. The lowest BCUT2D eigenvalue weighted by molar-refractivity contribution is -0.162. The topological polar surface area (TPSA) is 80.1 Å². The van der Waals surface area contributed by atoms with Gasteiger partial charge in [-0.3, -0.25) is 19.3 Å². The Balaban J connectivity index is 1.54. The highest BCUT2D eigenvalue weighted by molar-refractivity contribution is 5.98. The Morgan fingerprint density at radius 2 is 1.87 bits per heavy atom. The first-order valence-electron chi connectivity index (χ1n) is 7.58. The summed E-state index contributed by atoms with van der Waals surface area (Å²) >= 11 is 0. The van der Waals surface area contributed by atoms with Crippen LogP contribution in [-0.4, -0.2) is 59.9 Å². The predicted octanol–water partition coefficient (Wildman–Crippen LogP) is 0.669. The summed E-state index contributed by atoms with van der Waals surface area (Å²) in [6.45, 7) is 0.946. The van der Waals surface area contributed by atoms with Crippen LogP contribution in [0.1, 0.15) is 18.6 Å². The second kappa shape index (κ2) is 6.78. The van der Waals surface area contributed by atoms with Crippen LogP contribution in [0, 0.1) is 0 Å². The molecular weight excluding hydrogens is 300 g/mol. The van der Waals surface area contributed by atoms with Crippen molar-refractivity contribution < 1.29 is 23.5 Å². The van der Waals surface area contributed by atoms with Crippen LogP contribution in [-0.2, 0) is 19.1 Å². The van der Waals surface area contributed by atoms with Gasteiger partial charge in [-0.2, -0.15) is 0 Å². The molecule has 2 fully saturated rings. The number of hydrogen-bond acceptors (Lipinski definition) is 5. The Morgan fingerprint density at radius 1 is 1.17 bits per heavy atom. The van der Waals surface area contributed by atoms with Crippen molar-refractivity contribution in [3.8, 4) is 0 Å². The van der Waals surface area contributed by atoms with Crippen LogP contribution in [0.25, 0.3) is 6.08 Å². The molecule has 2 saturated heterocycles. The summed E-state index contributed by atoms with van der Waals surface area (Å²) in [5, 5.41) is 0. The van der Waals surface area contributed by atoms with E-state index in [1.54, 1.807) is 29.4 Å². The number of ether oxygens (including phenoxy) is 1. The quantitative estimate of drug-likeness (QED) is 0.604. The van der Waals surface area contributed by atoms with E-state index >= 15 is 0 Å². The van der Waals surface area contributed by atoms with Crippen molar-refractivity contribution >= 4 is 23.8 Å². The molecule has 1 aromatic rings. The molecule has 2 aliphatic rings. The first-order valence-corrected chi connectivity index (χ1v) is 7.58. The summed E-state index contributed by atoms with van der Waals surface area (Å²) in [7, 11) is 0. The Kier molecular flexibility index (Phi) is 4.57. The molecule has 0 aromatic carbocycles. The Morgan fingerprint density at radius 3 is 2.48 bits per heavy atom. The first-order chi connectivity index (χ1) is 11.1. The zero-order valence-corrected chi connectivity index (χ0v) is 12.6. The number of likely N-dealkylation sites (tertiary alicyclic amines) is 1. The van der Waals surface area contributed by atoms with Gasteiger partial charge in [0.15, 0.2) is 0 Å². The van der Waals surface area contributed by atoms with Crippen molar-refractivity contribution in [2.24, 2.45) is 0 Å². The highest BCUT2D eigenvalue weighted by atomic mass is 16.5. The van der Waals surface area contributed by atoms with Gasteiger partial charge in [0.25, 0.3) is 11.8 Å². The number of hydrogen-bond donors (Lipinski definition) is 0. The number of furan rings is 1. The van der Waals surface area contributed by atoms with E-state index in [1.165, 1.54) is 11.0 Å². The van der Waals surface area contributed by atoms with E-state index in [4.69, 9.17) is 9.15 Å². The van der Waals surface area contributed by atoms with Crippen LogP contribution in [0.4, 0.5) is 0 Å². The van der Waals surface area contributed by atoms with Gasteiger partial charge in [-0.25, -0.2) is 0 Å². The van der Waals surface area contributed by atoms with Gasteiger partial charge in [0.05, 0.1) is 6.26 Å². The monoisotopic (exact) mass is 318 g/mol. The molecule has 3 heterocycles. The molecule has 1 aromatic heterocycles. The van der Waals surface area contributed by atoms with Gasteiger partial charge in [-0.15, -0.1) is 0 Å². The molecule has 7 heteroatoms. The minimum Gasteiger partial charge on any atom is -0.465 e. The molecule has 7 nitrogen and oxygen atoms in total. The van der Waals surface area contributed by atoms with Gasteiger partial charge in [0.1, 0.15) is 19.0 Å². The lowest BCUT2D eigenvalue weighted by atomic mass is 10.0. The molecule has 0 saturated carbocycles. The molecular formula is C16H18N2O5. The number of carbonyl (C=O) groups is 3. The number of nitrogens with zero attached hydrogens (tertiary/aromatic N) is 2. The molecule has 122 valence electrons. The second-order valence-electron chi connectivity index (χ2n) is 5.56. The van der Waals surface area contributed by atoms with Gasteiger partial charge >= 0.3 is 0 Å². The normalized spacial score (nSPS) is 20.5. The maximum Gasteiger partial charge on any atom is 0.255 e. The third kappa shape index (κ3) is 3.50. The highest BCUT2D eigenvalue weighted by Gasteiger charge is 2.35. The standard InChI is InChI=1S/C16H18N2O5/c19-14(4-3-13-2-1-9-23-13)17-7-5-12(6-8-17)18-15(20)10-22-11-16(18)21/h1-4,9,12H,5-8,10-11H2/b4-3+. The second-order valence-corrected chi connectivity index (χ2v) is 5.56. The van der Waals surface area contributed by atoms with Gasteiger partial charge in [-0.1, -0.05) is 0 Å². The number of piperidine rings is 1. The molecule has 3 rings (SSSR count). The minimum absolute atomic E-state index is 0.0449. The third-order valence-corrected chi connectivity index (χ3v) is 4.06. The van der Waals surface area contributed by atoms with E-state index in [0.717, 1.165) is 0 Å². The molecule has 0 atom stereocenters. The number of morpholine rings is 1. The lowest BCUT2D eigenvalue weighted by Crippen LogP contribution is -2.55. The number of imide groups is 1. The largest absolute Gasteiger partial charge is 0.465 e. The summed E-state index contributed by atoms with van der Waals surface area (Å²) < 4.78 is 10.1. The van der Waals surface area contributed by atoms with Crippen LogP contribution in [0.5, 0.6) is 0 Å². The van der Waals surface area contributed by atoms with E-state index in [0.29, 0.717) is 31.7 Å². The van der Waals surface area contributed by atoms with Crippen molar-refractivity contribution in [1.29, 1.82) is 0 Å². The predicted molar refractivity (Wildman–Crippen MR) is 80.0 cm³/mol. The average molecular weight is 318 g/mol. The fourth-order valence-electron chi connectivity index (χ4n) is 2.90. The van der Waals surface area contributed by atoms with Gasteiger partial charge in [-0.05, 0) is 31.1 Å². The third-order valence-electron chi connectivity index (χ3n) is 4.06. The molecule has 0 aliphatic carbocycles. The van der Waals surface area contributed by atoms with Crippen LogP contribution in [0.3, 0.4) is 0 Å². The first kappa shape index (κ1) is 15.5. The van der Waals surface area contributed by atoms with Gasteiger partial charge < -0.3 is 14.1 Å². The molecule has 0 radical (unpaired) electrons. The molecule has 23 heavy (non-hydrogen) atoms. The van der Waals surface area contributed by atoms with Crippen molar-refractivity contribution in [3.63, 3.8) is 0 Å². The molecule has 0 bridgehead atoms. The SMILES string of the molecule is O=C(/C=C/c1ccco1)N1CCC(N2C(=O)COCC2=O)CC1. The van der Waals surface area contributed by atoms with Gasteiger partial charge in [0, 0.05) is 25.2 Å². The minimum atomic E-state index is -0.288. The summed E-state index contributed by atoms with van der Waals surface area (Å²) in [5.41, 5.74) is 0. The maximum absolute atomic E-state index is 12.1. The molecule has 3 amide bonds. The van der Waals surface area contributed by atoms with Crippen molar-refractivity contribution in [2.45, 2.75) is 18.9 Å². The molecule has 0 spiro atoms. The summed E-state index contributed by atoms with van der Waals surface area (Å²) in [4.78, 5) is 38.8. The van der Waals surface area contributed by atoms with Crippen LogP contribution >= 0.6 is 0 Å². The smallest absolute Gasteiger partial charge is 0.255 e. The van der Waals surface area contributed by atoms with Crippen LogP contribution in [0.2, 0.25) is 0 Å². The average Bonchev–Trinajstić information content (AvgIpc) is 3.06. The van der Waals surface area contributed by atoms with E-state index in [-0.39, 0.29) is 37.0 Å². The fourth-order valence-corrected chi connectivity index (χ4v) is 2.90. The van der Waals surface area contributed by atoms with Crippen LogP contribution < -0.4 is 0 Å². The Hall–Kier alpha value is -2.41. The van der Waals surface area contributed by atoms with E-state index < -0.39 is 0 Å². The zero-order chi connectivity index (χ0) is 16.2. The van der Waals surface area contributed by atoms with E-state index in [2.05, 4.69) is 0 Å². The summed E-state index contributed by atoms with van der Waals surface area (Å²) in [6.07, 6.45) is 5.84. The fraction of sp³-hybridized carbons (Fsp3) is 0.438. The number of carbonyl (C=O) groups excluding carboxylic acids is 3. The highest BCUT2D eigenvalue weighted by Crippen LogP contribution is 2.19. The molecule has 0 N–H and O–H groups in total. The Bertz CT molecular complexity index is 598. The van der Waals surface area contributed by atoms with Crippen molar-refractivity contribution in [3.05, 3.63) is 30.2 Å². The lowest BCUT2D eigenvalue weighted by Gasteiger charge is -2.38. The Labute approximate surface area is 133 Å². The van der Waals surface area contributed by atoms with E-state index in [9.17, 15) is 14.4 Å². The van der Waals surface area contributed by atoms with Crippen molar-refractivity contribution in [1.82, 2.24) is 9.80 Å². The van der Waals surface area contributed by atoms with Gasteiger partial charge in [0.2, 0.25) is 5.91 Å². The van der Waals surface area contributed by atoms with Crippen LogP contribution in [0.15, 0.2) is 28.9 Å². The zero-order valence-electron chi connectivity index (χ0n) is 12.6. The number of amides is 3. The summed E-state index contributed by atoms with van der Waals surface area (Å²) in [6, 6.07) is 3.38. The van der Waals surface area contributed by atoms with Crippen molar-refractivity contribution in [2.75, 3.05) is 26.3 Å². The summed E-state index contributed by atoms with van der Waals surface area (Å²) in [5.74, 6) is -0.0512. The maximum atomic E-state index is 12.1. The van der Waals surface area contributed by atoms with E-state index in [1.807, 2.05) is 0 Å². The molecule has 2 aliphatic heterocycles. The number of rotatable bonds is 3.